The minimum absolute atomic E-state index is 0.264. The fraction of sp³-hybridized carbons (Fsp3) is 0.333. The van der Waals surface area contributed by atoms with Gasteiger partial charge in [0.15, 0.2) is 0 Å². The van der Waals surface area contributed by atoms with Gasteiger partial charge < -0.3 is 9.64 Å². The molecule has 0 amide bonds. The van der Waals surface area contributed by atoms with Crippen LogP contribution >= 0.6 is 0 Å². The van der Waals surface area contributed by atoms with Crippen LogP contribution in [-0.4, -0.2) is 21.2 Å². The molecule has 0 fully saturated rings. The molecule has 12 heavy (non-hydrogen) atoms. The van der Waals surface area contributed by atoms with Crippen molar-refractivity contribution in [1.29, 1.82) is 0 Å². The van der Waals surface area contributed by atoms with E-state index in [2.05, 4.69) is 0 Å². The zero-order valence-corrected chi connectivity index (χ0v) is 7.47. The van der Waals surface area contributed by atoms with E-state index in [0.717, 1.165) is 0 Å². The monoisotopic (exact) mass is 169 g/mol. The van der Waals surface area contributed by atoms with Gasteiger partial charge in [-0.15, -0.1) is 0 Å². The topological polar surface area (TPSA) is 12.5 Å². The molecule has 0 saturated heterocycles. The Bertz CT molecular complexity index is 273. The first-order chi connectivity index (χ1) is 5.65. The van der Waals surface area contributed by atoms with Crippen molar-refractivity contribution in [2.24, 2.45) is 0 Å². The molecule has 1 aromatic carbocycles. The lowest BCUT2D eigenvalue weighted by atomic mass is 10.3. The molecule has 0 saturated carbocycles. The van der Waals surface area contributed by atoms with Crippen LogP contribution in [-0.2, 0) is 0 Å². The third kappa shape index (κ3) is 1.67. The van der Waals surface area contributed by atoms with E-state index in [0.29, 0.717) is 11.4 Å². The van der Waals surface area contributed by atoms with Crippen molar-refractivity contribution >= 4 is 5.69 Å². The minimum atomic E-state index is -0.264. The Balaban J connectivity index is 3.03. The van der Waals surface area contributed by atoms with Gasteiger partial charge in [0.2, 0.25) is 0 Å². The summed E-state index contributed by atoms with van der Waals surface area (Å²) in [7, 11) is 5.11. The van der Waals surface area contributed by atoms with Crippen LogP contribution in [0, 0.1) is 5.82 Å². The third-order valence-electron chi connectivity index (χ3n) is 1.64. The molecule has 0 aliphatic heterocycles. The van der Waals surface area contributed by atoms with Gasteiger partial charge >= 0.3 is 0 Å². The summed E-state index contributed by atoms with van der Waals surface area (Å²) in [6.45, 7) is 0. The second-order valence-corrected chi connectivity index (χ2v) is 2.71. The molecular weight excluding hydrogens is 157 g/mol. The van der Waals surface area contributed by atoms with Gasteiger partial charge in [-0.05, 0) is 12.1 Å². The molecule has 1 aromatic rings. The summed E-state index contributed by atoms with van der Waals surface area (Å²) in [6, 6.07) is 4.79. The van der Waals surface area contributed by atoms with E-state index in [4.69, 9.17) is 4.74 Å². The smallest absolute Gasteiger partial charge is 0.150 e. The summed E-state index contributed by atoms with van der Waals surface area (Å²) in [6.07, 6.45) is 0. The summed E-state index contributed by atoms with van der Waals surface area (Å²) in [4.78, 5) is 1.72. The summed E-state index contributed by atoms with van der Waals surface area (Å²) in [5.41, 5.74) is 0.566. The van der Waals surface area contributed by atoms with Crippen molar-refractivity contribution in [2.75, 3.05) is 26.1 Å². The Morgan fingerprint density at radius 1 is 1.33 bits per heavy atom. The molecule has 0 spiro atoms. The zero-order valence-electron chi connectivity index (χ0n) is 7.47. The van der Waals surface area contributed by atoms with E-state index >= 15 is 0 Å². The lowest BCUT2D eigenvalue weighted by Gasteiger charge is -2.13. The van der Waals surface area contributed by atoms with E-state index < -0.39 is 0 Å². The largest absolute Gasteiger partial charge is 0.497 e. The number of hydrogen-bond donors (Lipinski definition) is 0. The molecule has 1 rings (SSSR count). The highest BCUT2D eigenvalue weighted by Crippen LogP contribution is 2.21. The molecule has 0 atom stereocenters. The summed E-state index contributed by atoms with van der Waals surface area (Å²) in [5, 5.41) is 0. The predicted octanol–water partition coefficient (Wildman–Crippen LogP) is 1.90. The van der Waals surface area contributed by atoms with Crippen LogP contribution in [0.3, 0.4) is 0 Å². The first-order valence-electron chi connectivity index (χ1n) is 3.66. The number of rotatable bonds is 2. The Labute approximate surface area is 71.6 Å². The quantitative estimate of drug-likeness (QED) is 0.670. The van der Waals surface area contributed by atoms with Crippen LogP contribution in [0.5, 0.6) is 5.75 Å². The number of ether oxygens (including phenoxy) is 1. The van der Waals surface area contributed by atoms with Crippen molar-refractivity contribution in [1.82, 2.24) is 0 Å². The van der Waals surface area contributed by atoms with Crippen molar-refractivity contribution in [3.05, 3.63) is 24.0 Å². The van der Waals surface area contributed by atoms with Gasteiger partial charge in [-0.1, -0.05) is 0 Å². The Morgan fingerprint density at radius 2 is 2.00 bits per heavy atom. The molecule has 0 aromatic heterocycles. The van der Waals surface area contributed by atoms with E-state index in [-0.39, 0.29) is 5.82 Å². The van der Waals surface area contributed by atoms with Gasteiger partial charge in [-0.25, -0.2) is 4.39 Å². The molecule has 0 heterocycles. The second kappa shape index (κ2) is 3.43. The number of halogens is 1. The molecule has 0 aliphatic rings. The molecule has 0 bridgehead atoms. The molecule has 3 heteroatoms. The summed E-state index contributed by atoms with van der Waals surface area (Å²) in [5.74, 6) is 0.275. The lowest BCUT2D eigenvalue weighted by molar-refractivity contribution is 0.411. The average Bonchev–Trinajstić information content (AvgIpc) is 2.03. The number of benzene rings is 1. The summed E-state index contributed by atoms with van der Waals surface area (Å²) < 4.78 is 18.0. The highest BCUT2D eigenvalue weighted by molar-refractivity contribution is 5.49. The first-order valence-corrected chi connectivity index (χ1v) is 3.66. The minimum Gasteiger partial charge on any atom is -0.497 e. The number of methoxy groups -OCH3 is 1. The van der Waals surface area contributed by atoms with Gasteiger partial charge in [-0.2, -0.15) is 0 Å². The van der Waals surface area contributed by atoms with Gasteiger partial charge in [0, 0.05) is 20.2 Å². The molecular formula is C9H12FNO. The van der Waals surface area contributed by atoms with Crippen molar-refractivity contribution < 1.29 is 9.13 Å². The van der Waals surface area contributed by atoms with Crippen LogP contribution in [0.25, 0.3) is 0 Å². The van der Waals surface area contributed by atoms with Crippen molar-refractivity contribution in [2.45, 2.75) is 0 Å². The molecule has 0 radical (unpaired) electrons. The molecule has 2 nitrogen and oxygen atoms in total. The molecule has 0 N–H and O–H groups in total. The van der Waals surface area contributed by atoms with Gasteiger partial charge in [-0.3, -0.25) is 0 Å². The SMILES string of the molecule is COc1ccc(N(C)C)c(F)c1. The normalized spacial score (nSPS) is 9.67. The third-order valence-corrected chi connectivity index (χ3v) is 1.64. The van der Waals surface area contributed by atoms with Gasteiger partial charge in [0.25, 0.3) is 0 Å². The number of nitrogens with zero attached hydrogens (tertiary/aromatic N) is 1. The van der Waals surface area contributed by atoms with E-state index in [9.17, 15) is 4.39 Å². The van der Waals surface area contributed by atoms with Crippen LogP contribution < -0.4 is 9.64 Å². The van der Waals surface area contributed by atoms with Crippen molar-refractivity contribution in [3.63, 3.8) is 0 Å². The molecule has 0 aliphatic carbocycles. The van der Waals surface area contributed by atoms with Gasteiger partial charge in [0.05, 0.1) is 12.8 Å². The Hall–Kier alpha value is -1.25. The fourth-order valence-electron chi connectivity index (χ4n) is 0.977. The standard InChI is InChI=1S/C9H12FNO/c1-11(2)9-5-4-7(12-3)6-8(9)10/h4-6H,1-3H3. The Morgan fingerprint density at radius 3 is 2.42 bits per heavy atom. The maximum absolute atomic E-state index is 13.2. The number of hydrogen-bond acceptors (Lipinski definition) is 2. The summed E-state index contributed by atoms with van der Waals surface area (Å²) >= 11 is 0. The van der Waals surface area contributed by atoms with Crippen LogP contribution in [0.2, 0.25) is 0 Å². The van der Waals surface area contributed by atoms with Crippen LogP contribution in [0.1, 0.15) is 0 Å². The zero-order chi connectivity index (χ0) is 9.14. The predicted molar refractivity (Wildman–Crippen MR) is 47.3 cm³/mol. The lowest BCUT2D eigenvalue weighted by Crippen LogP contribution is -2.10. The molecule has 66 valence electrons. The fourth-order valence-corrected chi connectivity index (χ4v) is 0.977. The van der Waals surface area contributed by atoms with Crippen LogP contribution in [0.4, 0.5) is 10.1 Å². The maximum atomic E-state index is 13.2. The average molecular weight is 169 g/mol. The number of anilines is 1. The van der Waals surface area contributed by atoms with Crippen LogP contribution in [0.15, 0.2) is 18.2 Å². The second-order valence-electron chi connectivity index (χ2n) is 2.71. The van der Waals surface area contributed by atoms with Gasteiger partial charge in [0.1, 0.15) is 11.6 Å². The Kier molecular flexibility index (Phi) is 2.53. The highest BCUT2D eigenvalue weighted by Gasteiger charge is 2.04. The molecule has 0 unspecified atom stereocenters. The highest BCUT2D eigenvalue weighted by atomic mass is 19.1. The van der Waals surface area contributed by atoms with Crippen molar-refractivity contribution in [3.8, 4) is 5.75 Å². The van der Waals surface area contributed by atoms with E-state index in [1.807, 2.05) is 0 Å². The van der Waals surface area contributed by atoms with E-state index in [1.165, 1.54) is 13.2 Å². The van der Waals surface area contributed by atoms with E-state index in [1.54, 1.807) is 31.1 Å². The maximum Gasteiger partial charge on any atom is 0.150 e. The first kappa shape index (κ1) is 8.84.